The molecule has 4 heterocycles. The maximum Gasteiger partial charge on any atom is 0.234 e. The Labute approximate surface area is 183 Å². The summed E-state index contributed by atoms with van der Waals surface area (Å²) in [7, 11) is 0. The van der Waals surface area contributed by atoms with Gasteiger partial charge in [0, 0.05) is 38.5 Å². The predicted molar refractivity (Wildman–Crippen MR) is 118 cm³/mol. The monoisotopic (exact) mass is 445 g/mol. The molecule has 1 aromatic carbocycles. The molecular formula is C22H26FN4O3S+. The largest absolute Gasteiger partial charge is 0.487 e. The number of hydrogen-bond donors (Lipinski definition) is 2. The second-order valence-corrected chi connectivity index (χ2v) is 9.86. The Balaban J connectivity index is 1.29. The van der Waals surface area contributed by atoms with Crippen molar-refractivity contribution in [3.63, 3.8) is 0 Å². The van der Waals surface area contributed by atoms with E-state index in [4.69, 9.17) is 9.72 Å². The summed E-state index contributed by atoms with van der Waals surface area (Å²) in [5.41, 5.74) is 1.89. The molecule has 3 aliphatic rings. The summed E-state index contributed by atoms with van der Waals surface area (Å²) < 4.78 is 29.5. The molecule has 1 unspecified atom stereocenters. The highest BCUT2D eigenvalue weighted by Crippen LogP contribution is 2.37. The van der Waals surface area contributed by atoms with E-state index in [1.807, 2.05) is 11.0 Å². The summed E-state index contributed by atoms with van der Waals surface area (Å²) in [6, 6.07) is 8.27. The summed E-state index contributed by atoms with van der Waals surface area (Å²) in [4.78, 5) is 21.4. The van der Waals surface area contributed by atoms with Gasteiger partial charge < -0.3 is 19.9 Å². The molecule has 0 aliphatic carbocycles. The van der Waals surface area contributed by atoms with Crippen LogP contribution in [0, 0.1) is 5.82 Å². The number of ether oxygens (including phenoxy) is 1. The number of carbonyl (C=O) groups excluding carboxylic acids is 1. The van der Waals surface area contributed by atoms with Crippen LogP contribution in [0.2, 0.25) is 0 Å². The van der Waals surface area contributed by atoms with Gasteiger partial charge in [-0.3, -0.25) is 4.79 Å². The van der Waals surface area contributed by atoms with E-state index in [9.17, 15) is 13.7 Å². The maximum atomic E-state index is 13.1. The lowest BCUT2D eigenvalue weighted by Crippen LogP contribution is -2.54. The number of rotatable bonds is 5. The Hall–Kier alpha value is -2.52. The van der Waals surface area contributed by atoms with Crippen LogP contribution in [0.25, 0.3) is 0 Å². The number of aromatic nitrogens is 1. The van der Waals surface area contributed by atoms with E-state index in [1.165, 1.54) is 12.1 Å². The summed E-state index contributed by atoms with van der Waals surface area (Å²) >= 11 is -0.797. The molecule has 2 aromatic rings. The van der Waals surface area contributed by atoms with Crippen molar-refractivity contribution in [3.8, 4) is 5.75 Å². The van der Waals surface area contributed by atoms with Gasteiger partial charge in [-0.2, -0.15) is 4.55 Å². The molecule has 0 bridgehead atoms. The first-order chi connectivity index (χ1) is 15.0. The molecule has 1 amide bonds. The first kappa shape index (κ1) is 20.4. The minimum absolute atomic E-state index is 0.0309. The van der Waals surface area contributed by atoms with Crippen molar-refractivity contribution in [2.75, 3.05) is 42.1 Å². The van der Waals surface area contributed by atoms with Gasteiger partial charge in [-0.05, 0) is 30.7 Å². The number of benzene rings is 1. The van der Waals surface area contributed by atoms with Gasteiger partial charge in [0.15, 0.2) is 16.9 Å². The van der Waals surface area contributed by atoms with E-state index < -0.39 is 11.2 Å². The molecule has 1 aromatic heterocycles. The SMILES string of the molecule is CC(=O)N1CC[C@H](Nc2cc(N3CC(Oc4ccc(F)cc4)C3)nc3c2[S+](O)CC3)C1. The van der Waals surface area contributed by atoms with E-state index in [1.54, 1.807) is 19.1 Å². The Morgan fingerprint density at radius 1 is 1.29 bits per heavy atom. The number of amides is 1. The van der Waals surface area contributed by atoms with Crippen LogP contribution in [0.3, 0.4) is 0 Å². The van der Waals surface area contributed by atoms with Crippen LogP contribution in [0.1, 0.15) is 19.0 Å². The minimum Gasteiger partial charge on any atom is -0.487 e. The van der Waals surface area contributed by atoms with Crippen LogP contribution in [-0.4, -0.2) is 64.4 Å². The second kappa shape index (κ2) is 8.20. The number of anilines is 2. The van der Waals surface area contributed by atoms with Crippen molar-refractivity contribution in [1.82, 2.24) is 9.88 Å². The van der Waals surface area contributed by atoms with Crippen molar-refractivity contribution in [2.45, 2.75) is 36.8 Å². The number of nitrogens with one attached hydrogen (secondary N) is 1. The molecule has 2 saturated heterocycles. The molecule has 0 spiro atoms. The number of fused-ring (bicyclic) bond motifs is 1. The highest BCUT2D eigenvalue weighted by atomic mass is 32.2. The van der Waals surface area contributed by atoms with E-state index in [0.717, 1.165) is 41.5 Å². The van der Waals surface area contributed by atoms with E-state index in [0.29, 0.717) is 31.1 Å². The lowest BCUT2D eigenvalue weighted by atomic mass is 10.1. The highest BCUT2D eigenvalue weighted by Gasteiger charge is 2.39. The molecule has 2 atom stereocenters. The lowest BCUT2D eigenvalue weighted by molar-refractivity contribution is -0.127. The Morgan fingerprint density at radius 2 is 2.06 bits per heavy atom. The van der Waals surface area contributed by atoms with Crippen LogP contribution >= 0.6 is 0 Å². The number of aryl methyl sites for hydroxylation is 1. The third-order valence-corrected chi connectivity index (χ3v) is 7.60. The standard InChI is InChI=1S/C22H26FN4O3S/c1-14(28)26-8-6-16(11-26)24-20-10-21(25-19-7-9-31(29)22(19)20)27-12-18(13-27)30-17-4-2-15(23)3-5-17/h2-5,10,16,18,29H,6-9,11-13H2,1H3,(H,24,25)/q+1/t16-,31?/m0/s1. The van der Waals surface area contributed by atoms with Crippen LogP contribution in [0.5, 0.6) is 5.75 Å². The zero-order valence-corrected chi connectivity index (χ0v) is 18.2. The molecule has 2 fully saturated rings. The van der Waals surface area contributed by atoms with Gasteiger partial charge in [0.05, 0.1) is 18.8 Å². The van der Waals surface area contributed by atoms with Gasteiger partial charge in [-0.1, -0.05) is 0 Å². The fourth-order valence-electron chi connectivity index (χ4n) is 4.36. The van der Waals surface area contributed by atoms with Gasteiger partial charge in [0.1, 0.15) is 29.2 Å². The second-order valence-electron chi connectivity index (χ2n) is 8.32. The molecular weight excluding hydrogens is 419 g/mol. The Morgan fingerprint density at radius 3 is 2.77 bits per heavy atom. The molecule has 3 aliphatic heterocycles. The number of carbonyl (C=O) groups is 1. The van der Waals surface area contributed by atoms with Crippen molar-refractivity contribution in [1.29, 1.82) is 0 Å². The van der Waals surface area contributed by atoms with Crippen LogP contribution in [0.4, 0.5) is 15.9 Å². The van der Waals surface area contributed by atoms with Gasteiger partial charge in [-0.15, -0.1) is 0 Å². The topological polar surface area (TPSA) is 77.9 Å². The average molecular weight is 446 g/mol. The number of halogens is 1. The molecule has 0 saturated carbocycles. The summed E-state index contributed by atoms with van der Waals surface area (Å²) in [6.07, 6.45) is 1.69. The molecule has 5 rings (SSSR count). The number of pyridine rings is 1. The van der Waals surface area contributed by atoms with E-state index in [2.05, 4.69) is 10.2 Å². The van der Waals surface area contributed by atoms with Crippen LogP contribution in [0.15, 0.2) is 35.2 Å². The van der Waals surface area contributed by atoms with Crippen LogP contribution in [-0.2, 0) is 22.4 Å². The maximum absolute atomic E-state index is 13.1. The van der Waals surface area contributed by atoms with Crippen molar-refractivity contribution < 1.29 is 18.5 Å². The average Bonchev–Trinajstić information content (AvgIpc) is 3.33. The normalized spacial score (nSPS) is 22.9. The first-order valence-electron chi connectivity index (χ1n) is 10.6. The molecule has 2 N–H and O–H groups in total. The molecule has 0 radical (unpaired) electrons. The molecule has 9 heteroatoms. The van der Waals surface area contributed by atoms with E-state index >= 15 is 0 Å². The van der Waals surface area contributed by atoms with Crippen molar-refractivity contribution in [2.24, 2.45) is 0 Å². The summed E-state index contributed by atoms with van der Waals surface area (Å²) in [5, 5.41) is 3.58. The Bertz CT molecular complexity index is 983. The fraction of sp³-hybridized carbons (Fsp3) is 0.455. The van der Waals surface area contributed by atoms with Crippen molar-refractivity contribution in [3.05, 3.63) is 41.8 Å². The van der Waals surface area contributed by atoms with E-state index in [-0.39, 0.29) is 23.9 Å². The predicted octanol–water partition coefficient (Wildman–Crippen LogP) is 2.53. The summed E-state index contributed by atoms with van der Waals surface area (Å²) in [6.45, 7) is 4.44. The highest BCUT2D eigenvalue weighted by molar-refractivity contribution is 7.92. The fourth-order valence-corrected chi connectivity index (χ4v) is 5.74. The quantitative estimate of drug-likeness (QED) is 0.689. The lowest BCUT2D eigenvalue weighted by Gasteiger charge is -2.40. The third-order valence-electron chi connectivity index (χ3n) is 6.08. The zero-order chi connectivity index (χ0) is 21.5. The number of likely N-dealkylation sites (tertiary alicyclic amines) is 1. The Kier molecular flexibility index (Phi) is 5.39. The van der Waals surface area contributed by atoms with Gasteiger partial charge in [0.25, 0.3) is 0 Å². The smallest absolute Gasteiger partial charge is 0.234 e. The molecule has 7 nitrogen and oxygen atoms in total. The van der Waals surface area contributed by atoms with Crippen LogP contribution < -0.4 is 15.0 Å². The number of nitrogens with zero attached hydrogens (tertiary/aromatic N) is 3. The third kappa shape index (κ3) is 4.16. The minimum atomic E-state index is -0.797. The van der Waals surface area contributed by atoms with Gasteiger partial charge in [0.2, 0.25) is 10.8 Å². The van der Waals surface area contributed by atoms with Crippen molar-refractivity contribution >= 4 is 28.6 Å². The molecule has 31 heavy (non-hydrogen) atoms. The summed E-state index contributed by atoms with van der Waals surface area (Å²) in [5.74, 6) is 2.07. The first-order valence-corrected chi connectivity index (χ1v) is 11.9. The molecule has 164 valence electrons. The van der Waals surface area contributed by atoms with Gasteiger partial charge in [-0.25, -0.2) is 9.37 Å². The van der Waals surface area contributed by atoms with Gasteiger partial charge >= 0.3 is 0 Å². The zero-order valence-electron chi connectivity index (χ0n) is 17.4. The number of hydrogen-bond acceptors (Lipinski definition) is 6.